The van der Waals surface area contributed by atoms with Crippen LogP contribution in [0.5, 0.6) is 0 Å². The van der Waals surface area contributed by atoms with Crippen molar-refractivity contribution in [2.24, 2.45) is 7.05 Å². The Morgan fingerprint density at radius 1 is 1.17 bits per heavy atom. The monoisotopic (exact) mass is 396 g/mol. The maximum Gasteiger partial charge on any atom is 0.361 e. The Bertz CT molecular complexity index is 1120. The second kappa shape index (κ2) is 7.97. The molecular weight excluding hydrogens is 376 g/mol. The summed E-state index contributed by atoms with van der Waals surface area (Å²) in [6.45, 7) is 3.08. The van der Waals surface area contributed by atoms with Crippen LogP contribution >= 0.6 is 0 Å². The SMILES string of the molecule is Cc1c(NC(=O)[C@@H](C)OC(=O)c2nccnc2N)c(=O)n(-c2ccccc2)n1C. The van der Waals surface area contributed by atoms with Crippen molar-refractivity contribution in [2.75, 3.05) is 11.1 Å². The van der Waals surface area contributed by atoms with Gasteiger partial charge in [-0.15, -0.1) is 0 Å². The Kier molecular flexibility index (Phi) is 5.44. The Morgan fingerprint density at radius 3 is 2.48 bits per heavy atom. The first kappa shape index (κ1) is 19.8. The van der Waals surface area contributed by atoms with Crippen molar-refractivity contribution in [2.45, 2.75) is 20.0 Å². The lowest BCUT2D eigenvalue weighted by molar-refractivity contribution is -0.123. The molecule has 10 nitrogen and oxygen atoms in total. The quantitative estimate of drug-likeness (QED) is 0.615. The van der Waals surface area contributed by atoms with E-state index in [9.17, 15) is 14.4 Å². The highest BCUT2D eigenvalue weighted by atomic mass is 16.5. The highest BCUT2D eigenvalue weighted by Crippen LogP contribution is 2.15. The number of carbonyl (C=O) groups excluding carboxylic acids is 2. The van der Waals surface area contributed by atoms with Crippen molar-refractivity contribution >= 4 is 23.4 Å². The van der Waals surface area contributed by atoms with Gasteiger partial charge in [0.1, 0.15) is 5.69 Å². The molecule has 0 saturated carbocycles. The van der Waals surface area contributed by atoms with Gasteiger partial charge in [0.2, 0.25) is 0 Å². The highest BCUT2D eigenvalue weighted by Gasteiger charge is 2.25. The van der Waals surface area contributed by atoms with Gasteiger partial charge in [-0.2, -0.15) is 0 Å². The fourth-order valence-electron chi connectivity index (χ4n) is 2.71. The summed E-state index contributed by atoms with van der Waals surface area (Å²) in [5.41, 5.74) is 6.30. The van der Waals surface area contributed by atoms with Gasteiger partial charge in [0.05, 0.1) is 11.4 Å². The van der Waals surface area contributed by atoms with Gasteiger partial charge in [-0.05, 0) is 26.0 Å². The van der Waals surface area contributed by atoms with Crippen molar-refractivity contribution in [1.82, 2.24) is 19.3 Å². The largest absolute Gasteiger partial charge is 0.448 e. The third-order valence-corrected chi connectivity index (χ3v) is 4.38. The molecule has 1 amide bonds. The number of nitrogens with zero attached hydrogens (tertiary/aromatic N) is 4. The first-order valence-electron chi connectivity index (χ1n) is 8.73. The Labute approximate surface area is 165 Å². The van der Waals surface area contributed by atoms with E-state index < -0.39 is 23.5 Å². The van der Waals surface area contributed by atoms with E-state index in [1.54, 1.807) is 30.8 Å². The molecule has 3 aromatic rings. The minimum Gasteiger partial charge on any atom is -0.448 e. The van der Waals surface area contributed by atoms with Gasteiger partial charge in [-0.1, -0.05) is 18.2 Å². The van der Waals surface area contributed by atoms with E-state index in [4.69, 9.17) is 10.5 Å². The van der Waals surface area contributed by atoms with Crippen molar-refractivity contribution in [3.05, 3.63) is 64.5 Å². The number of carbonyl (C=O) groups is 2. The van der Waals surface area contributed by atoms with Crippen LogP contribution in [-0.4, -0.2) is 37.3 Å². The Balaban J connectivity index is 1.80. The van der Waals surface area contributed by atoms with E-state index in [2.05, 4.69) is 15.3 Å². The predicted octanol–water partition coefficient (Wildman–Crippen LogP) is 1.04. The summed E-state index contributed by atoms with van der Waals surface area (Å²) in [5, 5.41) is 2.54. The number of amides is 1. The number of hydrogen-bond acceptors (Lipinski definition) is 7. The van der Waals surface area contributed by atoms with Crippen molar-refractivity contribution in [3.63, 3.8) is 0 Å². The molecule has 10 heteroatoms. The van der Waals surface area contributed by atoms with Crippen molar-refractivity contribution in [1.29, 1.82) is 0 Å². The zero-order valence-corrected chi connectivity index (χ0v) is 16.1. The summed E-state index contributed by atoms with van der Waals surface area (Å²) in [5.74, 6) is -1.65. The minimum atomic E-state index is -1.19. The van der Waals surface area contributed by atoms with E-state index in [1.807, 2.05) is 18.2 Å². The molecule has 1 atom stereocenters. The van der Waals surface area contributed by atoms with Gasteiger partial charge in [-0.25, -0.2) is 19.4 Å². The van der Waals surface area contributed by atoms with E-state index in [0.717, 1.165) is 0 Å². The zero-order chi connectivity index (χ0) is 21.1. The molecule has 150 valence electrons. The number of para-hydroxylation sites is 1. The number of nitrogen functional groups attached to an aromatic ring is 1. The lowest BCUT2D eigenvalue weighted by Crippen LogP contribution is -2.32. The van der Waals surface area contributed by atoms with Crippen LogP contribution in [-0.2, 0) is 16.6 Å². The van der Waals surface area contributed by atoms with Gasteiger partial charge in [0.25, 0.3) is 11.5 Å². The molecule has 1 aromatic carbocycles. The average Bonchev–Trinajstić information content (AvgIpc) is 2.92. The lowest BCUT2D eigenvalue weighted by atomic mass is 10.3. The maximum absolute atomic E-state index is 12.8. The summed E-state index contributed by atoms with van der Waals surface area (Å²) in [6.07, 6.45) is 1.43. The molecule has 29 heavy (non-hydrogen) atoms. The second-order valence-electron chi connectivity index (χ2n) is 6.26. The third-order valence-electron chi connectivity index (χ3n) is 4.38. The first-order chi connectivity index (χ1) is 13.8. The molecule has 0 fully saturated rings. The lowest BCUT2D eigenvalue weighted by Gasteiger charge is -2.13. The highest BCUT2D eigenvalue weighted by molar-refractivity contribution is 5.98. The molecule has 0 aliphatic rings. The summed E-state index contributed by atoms with van der Waals surface area (Å²) in [4.78, 5) is 45.1. The van der Waals surface area contributed by atoms with Crippen LogP contribution in [0.4, 0.5) is 11.5 Å². The molecule has 2 heterocycles. The van der Waals surface area contributed by atoms with Crippen LogP contribution in [0.25, 0.3) is 5.69 Å². The Hall–Kier alpha value is -3.95. The van der Waals surface area contributed by atoms with Gasteiger partial charge < -0.3 is 15.8 Å². The maximum atomic E-state index is 12.8. The van der Waals surface area contributed by atoms with E-state index >= 15 is 0 Å². The van der Waals surface area contributed by atoms with E-state index in [0.29, 0.717) is 11.4 Å². The number of aromatic nitrogens is 4. The number of benzene rings is 1. The van der Waals surface area contributed by atoms with Gasteiger partial charge in [0.15, 0.2) is 17.6 Å². The zero-order valence-electron chi connectivity index (χ0n) is 16.1. The molecule has 0 aliphatic carbocycles. The Morgan fingerprint density at radius 2 is 1.83 bits per heavy atom. The number of rotatable bonds is 5. The van der Waals surface area contributed by atoms with Crippen LogP contribution in [0.15, 0.2) is 47.5 Å². The fraction of sp³-hybridized carbons (Fsp3) is 0.211. The first-order valence-corrected chi connectivity index (χ1v) is 8.73. The number of nitrogens with two attached hydrogens (primary N) is 1. The minimum absolute atomic E-state index is 0.100. The number of anilines is 2. The summed E-state index contributed by atoms with van der Waals surface area (Å²) in [7, 11) is 1.71. The van der Waals surface area contributed by atoms with Gasteiger partial charge >= 0.3 is 5.97 Å². The van der Waals surface area contributed by atoms with Gasteiger partial charge in [-0.3, -0.25) is 14.3 Å². The van der Waals surface area contributed by atoms with Crippen LogP contribution in [0.1, 0.15) is 23.1 Å². The van der Waals surface area contributed by atoms with Crippen molar-refractivity contribution in [3.8, 4) is 5.69 Å². The van der Waals surface area contributed by atoms with E-state index in [-0.39, 0.29) is 17.2 Å². The molecule has 0 radical (unpaired) electrons. The molecule has 0 saturated heterocycles. The molecule has 0 spiro atoms. The third kappa shape index (κ3) is 3.86. The molecule has 0 unspecified atom stereocenters. The fourth-order valence-corrected chi connectivity index (χ4v) is 2.71. The number of esters is 1. The molecule has 3 N–H and O–H groups in total. The van der Waals surface area contributed by atoms with E-state index in [1.165, 1.54) is 24.0 Å². The molecular formula is C19H20N6O4. The number of ether oxygens (including phenoxy) is 1. The molecule has 2 aromatic heterocycles. The summed E-state index contributed by atoms with van der Waals surface area (Å²) >= 11 is 0. The number of hydrogen-bond donors (Lipinski definition) is 2. The van der Waals surface area contributed by atoms with Crippen molar-refractivity contribution < 1.29 is 14.3 Å². The van der Waals surface area contributed by atoms with Crippen LogP contribution < -0.4 is 16.6 Å². The van der Waals surface area contributed by atoms with Crippen LogP contribution in [0, 0.1) is 6.92 Å². The van der Waals surface area contributed by atoms with Crippen LogP contribution in [0.2, 0.25) is 0 Å². The number of nitrogens with one attached hydrogen (secondary N) is 1. The summed E-state index contributed by atoms with van der Waals surface area (Å²) < 4.78 is 8.17. The standard InChI is InChI=1S/C19H20N6O4/c1-11-14(18(27)25(24(11)3)13-7-5-4-6-8-13)23-17(26)12(2)29-19(28)15-16(20)22-10-9-21-15/h4-10,12H,1-3H3,(H2,20,22)(H,23,26)/t12-/m1/s1. The summed E-state index contributed by atoms with van der Waals surface area (Å²) in [6, 6.07) is 9.02. The van der Waals surface area contributed by atoms with Crippen LogP contribution in [0.3, 0.4) is 0 Å². The average molecular weight is 396 g/mol. The topological polar surface area (TPSA) is 134 Å². The predicted molar refractivity (Wildman–Crippen MR) is 106 cm³/mol. The smallest absolute Gasteiger partial charge is 0.361 e. The van der Waals surface area contributed by atoms with Gasteiger partial charge in [0, 0.05) is 19.4 Å². The molecule has 3 rings (SSSR count). The molecule has 0 aliphatic heterocycles. The normalized spacial score (nSPS) is 11.7. The second-order valence-corrected chi connectivity index (χ2v) is 6.26. The molecule has 0 bridgehead atoms.